The fourth-order valence-corrected chi connectivity index (χ4v) is 2.84. The molecule has 3 saturated heterocycles. The fourth-order valence-electron chi connectivity index (χ4n) is 2.84. The van der Waals surface area contributed by atoms with Crippen LogP contribution in [0.25, 0.3) is 0 Å². The monoisotopic (exact) mass is 183 g/mol. The van der Waals surface area contributed by atoms with Gasteiger partial charge in [-0.15, -0.1) is 0 Å². The van der Waals surface area contributed by atoms with Crippen molar-refractivity contribution in [2.75, 3.05) is 26.2 Å². The van der Waals surface area contributed by atoms with Gasteiger partial charge in [-0.2, -0.15) is 0 Å². The van der Waals surface area contributed by atoms with Gasteiger partial charge in [0.2, 0.25) is 0 Å². The van der Waals surface area contributed by atoms with E-state index in [-0.39, 0.29) is 0 Å². The molecule has 0 aromatic carbocycles. The Bertz CT molecular complexity index is 213. The van der Waals surface area contributed by atoms with E-state index >= 15 is 0 Å². The quantitative estimate of drug-likeness (QED) is 0.554. The lowest BCUT2D eigenvalue weighted by molar-refractivity contribution is -0.943. The molecule has 0 aromatic rings. The molecule has 0 spiro atoms. The molecule has 0 amide bonds. The van der Waals surface area contributed by atoms with Crippen molar-refractivity contribution in [1.82, 2.24) is 0 Å². The number of carbonyl (C=O) groups excluding carboxylic acids is 1. The number of aliphatic carboxylic acids is 1. The van der Waals surface area contributed by atoms with Gasteiger partial charge in [0.15, 0.2) is 0 Å². The Morgan fingerprint density at radius 3 is 2.08 bits per heavy atom. The Kier molecular flexibility index (Phi) is 1.88. The first-order valence-corrected chi connectivity index (χ1v) is 5.19. The molecule has 3 rings (SSSR count). The highest BCUT2D eigenvalue weighted by Crippen LogP contribution is 2.43. The van der Waals surface area contributed by atoms with Crippen LogP contribution in [0.1, 0.15) is 26.2 Å². The van der Waals surface area contributed by atoms with Gasteiger partial charge in [-0.3, -0.25) is 0 Å². The lowest BCUT2D eigenvalue weighted by atomic mass is 9.71. The molecule has 0 N–H and O–H groups in total. The van der Waals surface area contributed by atoms with Gasteiger partial charge in [-0.25, -0.2) is 0 Å². The van der Waals surface area contributed by atoms with Gasteiger partial charge in [0, 0.05) is 30.6 Å². The Morgan fingerprint density at radius 2 is 1.77 bits per heavy atom. The van der Waals surface area contributed by atoms with Gasteiger partial charge in [0.25, 0.3) is 0 Å². The summed E-state index contributed by atoms with van der Waals surface area (Å²) in [7, 11) is 0. The first-order chi connectivity index (χ1) is 6.13. The number of carbonyl (C=O) groups is 1. The van der Waals surface area contributed by atoms with Crippen molar-refractivity contribution in [3.8, 4) is 0 Å². The third-order valence-electron chi connectivity index (χ3n) is 4.30. The minimum Gasteiger partial charge on any atom is -0.550 e. The normalized spacial score (nSPS) is 43.5. The minimum atomic E-state index is -0.805. The molecular weight excluding hydrogens is 166 g/mol. The van der Waals surface area contributed by atoms with E-state index in [4.69, 9.17) is 0 Å². The molecule has 3 heterocycles. The summed E-state index contributed by atoms with van der Waals surface area (Å²) >= 11 is 0. The number of quaternary nitrogens is 1. The molecule has 3 fully saturated rings. The number of piperidine rings is 3. The summed E-state index contributed by atoms with van der Waals surface area (Å²) in [4.78, 5) is 11.0. The van der Waals surface area contributed by atoms with Crippen molar-refractivity contribution < 1.29 is 14.4 Å². The molecule has 0 unspecified atom stereocenters. The average molecular weight is 183 g/mol. The van der Waals surface area contributed by atoms with Crippen molar-refractivity contribution in [3.63, 3.8) is 0 Å². The standard InChI is InChI=1S/C10H17NO2/c1-2-11-6-3-10(4-7-11,5-8-11)9(12)13/h2-8H2,1H3. The molecule has 3 aliphatic rings. The topological polar surface area (TPSA) is 40.1 Å². The number of hydrogen-bond donors (Lipinski definition) is 0. The van der Waals surface area contributed by atoms with Crippen LogP contribution in [0.15, 0.2) is 0 Å². The maximum absolute atomic E-state index is 11.0. The largest absolute Gasteiger partial charge is 0.550 e. The van der Waals surface area contributed by atoms with Crippen LogP contribution >= 0.6 is 0 Å². The van der Waals surface area contributed by atoms with E-state index in [0.717, 1.165) is 49.9 Å². The van der Waals surface area contributed by atoms with Crippen molar-refractivity contribution >= 4 is 5.97 Å². The van der Waals surface area contributed by atoms with Crippen LogP contribution in [0.3, 0.4) is 0 Å². The molecule has 0 saturated carbocycles. The molecule has 0 radical (unpaired) electrons. The van der Waals surface area contributed by atoms with Crippen LogP contribution in [0.4, 0.5) is 0 Å². The molecular formula is C10H17NO2. The van der Waals surface area contributed by atoms with Crippen molar-refractivity contribution in [2.24, 2.45) is 5.41 Å². The summed E-state index contributed by atoms with van der Waals surface area (Å²) in [6.45, 7) is 6.50. The second-order valence-corrected chi connectivity index (χ2v) is 4.65. The maximum Gasteiger partial charge on any atom is 0.0795 e. The van der Waals surface area contributed by atoms with Crippen LogP contribution in [0.5, 0.6) is 0 Å². The first-order valence-electron chi connectivity index (χ1n) is 5.19. The van der Waals surface area contributed by atoms with E-state index in [1.807, 2.05) is 0 Å². The van der Waals surface area contributed by atoms with Crippen molar-refractivity contribution in [1.29, 1.82) is 0 Å². The number of nitrogens with zero attached hydrogens (tertiary/aromatic N) is 1. The second-order valence-electron chi connectivity index (χ2n) is 4.65. The lowest BCUT2D eigenvalue weighted by Crippen LogP contribution is -2.65. The summed E-state index contributed by atoms with van der Waals surface area (Å²) in [5, 5.41) is 11.0. The van der Waals surface area contributed by atoms with Crippen LogP contribution < -0.4 is 5.11 Å². The second kappa shape index (κ2) is 2.71. The summed E-state index contributed by atoms with van der Waals surface area (Å²) in [5.41, 5.74) is -0.449. The summed E-state index contributed by atoms with van der Waals surface area (Å²) in [6, 6.07) is 0. The van der Waals surface area contributed by atoms with Crippen LogP contribution in [0.2, 0.25) is 0 Å². The summed E-state index contributed by atoms with van der Waals surface area (Å²) < 4.78 is 1.15. The highest BCUT2D eigenvalue weighted by Gasteiger charge is 2.48. The van der Waals surface area contributed by atoms with Gasteiger partial charge in [0.05, 0.1) is 26.2 Å². The smallest absolute Gasteiger partial charge is 0.0795 e. The average Bonchev–Trinajstić information content (AvgIpc) is 2.20. The van der Waals surface area contributed by atoms with Crippen molar-refractivity contribution in [3.05, 3.63) is 0 Å². The third-order valence-corrected chi connectivity index (χ3v) is 4.30. The highest BCUT2D eigenvalue weighted by atomic mass is 16.4. The SMILES string of the molecule is CC[N+]12CCC(C(=O)[O-])(CC1)CC2. The summed E-state index contributed by atoms with van der Waals surface area (Å²) in [5.74, 6) is -0.805. The van der Waals surface area contributed by atoms with Gasteiger partial charge in [-0.1, -0.05) is 0 Å². The minimum absolute atomic E-state index is 0.449. The lowest BCUT2D eigenvalue weighted by Gasteiger charge is -2.54. The number of hydrogen-bond acceptors (Lipinski definition) is 2. The molecule has 3 aliphatic heterocycles. The van der Waals surface area contributed by atoms with E-state index in [1.165, 1.54) is 0 Å². The predicted molar refractivity (Wildman–Crippen MR) is 46.7 cm³/mol. The van der Waals surface area contributed by atoms with E-state index in [2.05, 4.69) is 6.92 Å². The number of rotatable bonds is 2. The van der Waals surface area contributed by atoms with E-state index in [9.17, 15) is 9.90 Å². The maximum atomic E-state index is 11.0. The molecule has 13 heavy (non-hydrogen) atoms. The third kappa shape index (κ3) is 1.17. The molecule has 74 valence electrons. The zero-order chi connectivity index (χ0) is 9.53. The van der Waals surface area contributed by atoms with E-state index in [0.29, 0.717) is 0 Å². The number of fused-ring (bicyclic) bond motifs is 3. The number of carboxylic acid groups (broad SMARTS) is 1. The fraction of sp³-hybridized carbons (Fsp3) is 0.900. The highest BCUT2D eigenvalue weighted by molar-refractivity contribution is 5.72. The van der Waals surface area contributed by atoms with E-state index in [1.54, 1.807) is 0 Å². The molecule has 3 heteroatoms. The van der Waals surface area contributed by atoms with Crippen molar-refractivity contribution in [2.45, 2.75) is 26.2 Å². The Morgan fingerprint density at radius 1 is 1.31 bits per heavy atom. The Balaban J connectivity index is 2.16. The van der Waals surface area contributed by atoms with Gasteiger partial charge < -0.3 is 14.4 Å². The molecule has 0 aliphatic carbocycles. The van der Waals surface area contributed by atoms with Gasteiger partial charge >= 0.3 is 0 Å². The predicted octanol–water partition coefficient (Wildman–Crippen LogP) is -0.243. The zero-order valence-electron chi connectivity index (χ0n) is 8.21. The Labute approximate surface area is 78.9 Å². The zero-order valence-corrected chi connectivity index (χ0v) is 8.21. The Hall–Kier alpha value is -0.570. The van der Waals surface area contributed by atoms with Crippen LogP contribution in [0, 0.1) is 5.41 Å². The first kappa shape index (κ1) is 9.00. The van der Waals surface area contributed by atoms with Crippen LogP contribution in [-0.4, -0.2) is 36.6 Å². The van der Waals surface area contributed by atoms with Gasteiger partial charge in [0.1, 0.15) is 0 Å². The van der Waals surface area contributed by atoms with Crippen LogP contribution in [-0.2, 0) is 4.79 Å². The molecule has 0 aromatic heterocycles. The molecule has 0 atom stereocenters. The molecule has 2 bridgehead atoms. The molecule has 3 nitrogen and oxygen atoms in total. The van der Waals surface area contributed by atoms with E-state index < -0.39 is 11.4 Å². The number of carboxylic acids is 1. The summed E-state index contributed by atoms with van der Waals surface area (Å²) in [6.07, 6.45) is 2.51. The van der Waals surface area contributed by atoms with Gasteiger partial charge in [-0.05, 0) is 6.92 Å².